The van der Waals surface area contributed by atoms with Crippen LogP contribution in [0.2, 0.25) is 0 Å². The number of rotatable bonds is 9. The number of hydrogen-bond donors (Lipinski definition) is 2. The Balaban J connectivity index is 1.88. The molecular formula is C22H32FIO4. The first-order valence-electron chi connectivity index (χ1n) is 9.87. The van der Waals surface area contributed by atoms with Crippen LogP contribution in [0.25, 0.3) is 0 Å². The summed E-state index contributed by atoms with van der Waals surface area (Å²) in [5, 5.41) is 19.8. The van der Waals surface area contributed by atoms with Crippen molar-refractivity contribution < 1.29 is 24.1 Å². The largest absolute Gasteiger partial charge is 0.508 e. The molecule has 0 aromatic rings. The summed E-state index contributed by atoms with van der Waals surface area (Å²) >= 11 is -0.216. The van der Waals surface area contributed by atoms with Crippen LogP contribution in [-0.4, -0.2) is 36.6 Å². The summed E-state index contributed by atoms with van der Waals surface area (Å²) in [6.07, 6.45) is 8.14. The van der Waals surface area contributed by atoms with Gasteiger partial charge in [-0.25, -0.2) is 4.39 Å². The summed E-state index contributed by atoms with van der Waals surface area (Å²) in [7, 11) is 0. The minimum absolute atomic E-state index is 0.106. The summed E-state index contributed by atoms with van der Waals surface area (Å²) in [5.74, 6) is 0.902. The van der Waals surface area contributed by atoms with E-state index in [0.29, 0.717) is 22.5 Å². The summed E-state index contributed by atoms with van der Waals surface area (Å²) in [6, 6.07) is 0. The molecule has 1 aliphatic heterocycles. The molecule has 0 aromatic carbocycles. The fourth-order valence-electron chi connectivity index (χ4n) is 3.31. The molecule has 0 saturated heterocycles. The van der Waals surface area contributed by atoms with Crippen LogP contribution in [0.15, 0.2) is 47.2 Å². The second-order valence-electron chi connectivity index (χ2n) is 7.38. The molecule has 0 radical (unpaired) electrons. The molecule has 2 aliphatic rings. The van der Waals surface area contributed by atoms with Gasteiger partial charge in [-0.1, -0.05) is 13.0 Å². The van der Waals surface area contributed by atoms with Gasteiger partial charge in [0.05, 0.1) is 11.9 Å². The van der Waals surface area contributed by atoms with E-state index in [2.05, 4.69) is 13.8 Å². The highest BCUT2D eigenvalue weighted by atomic mass is 127. The van der Waals surface area contributed by atoms with Crippen LogP contribution in [-0.2, 0) is 9.47 Å². The molecule has 1 heterocycles. The number of alkyl halides is 1. The van der Waals surface area contributed by atoms with Gasteiger partial charge in [0.1, 0.15) is 17.7 Å². The van der Waals surface area contributed by atoms with Gasteiger partial charge in [-0.2, -0.15) is 0 Å². The van der Waals surface area contributed by atoms with Gasteiger partial charge in [0.2, 0.25) is 0 Å². The van der Waals surface area contributed by atoms with Gasteiger partial charge in [-0.05, 0) is 63.8 Å². The third-order valence-corrected chi connectivity index (χ3v) is 8.39. The van der Waals surface area contributed by atoms with Crippen molar-refractivity contribution in [3.63, 3.8) is 0 Å². The maximum Gasteiger partial charge on any atom is 0.161 e. The Morgan fingerprint density at radius 3 is 2.64 bits per heavy atom. The lowest BCUT2D eigenvalue weighted by Gasteiger charge is -2.27. The van der Waals surface area contributed by atoms with Crippen molar-refractivity contribution >= 4 is 24.7 Å². The minimum Gasteiger partial charge on any atom is -0.508 e. The van der Waals surface area contributed by atoms with Crippen molar-refractivity contribution in [2.24, 2.45) is 5.92 Å². The van der Waals surface area contributed by atoms with E-state index in [1.54, 1.807) is 6.08 Å². The molecule has 0 bridgehead atoms. The molecule has 3 unspecified atom stereocenters. The van der Waals surface area contributed by atoms with Crippen molar-refractivity contribution in [3.8, 4) is 0 Å². The van der Waals surface area contributed by atoms with Crippen LogP contribution in [0.4, 0.5) is 4.39 Å². The zero-order valence-corrected chi connectivity index (χ0v) is 19.2. The van der Waals surface area contributed by atoms with Crippen molar-refractivity contribution in [2.75, 3.05) is 0 Å². The Morgan fingerprint density at radius 2 is 2.07 bits per heavy atom. The molecule has 1 aliphatic carbocycles. The second kappa shape index (κ2) is 11.3. The van der Waals surface area contributed by atoms with Crippen LogP contribution in [0, 0.1) is 5.92 Å². The van der Waals surface area contributed by atoms with E-state index >= 15 is 0 Å². The highest BCUT2D eigenvalue weighted by molar-refractivity contribution is 14.2. The molecule has 6 heteroatoms. The lowest BCUT2D eigenvalue weighted by molar-refractivity contribution is -0.151. The Labute approximate surface area is 177 Å². The van der Waals surface area contributed by atoms with E-state index in [1.807, 2.05) is 23.9 Å². The maximum atomic E-state index is 13.1. The lowest BCUT2D eigenvalue weighted by atomic mass is 9.99. The van der Waals surface area contributed by atoms with Crippen molar-refractivity contribution in [1.82, 2.24) is 0 Å². The number of aliphatic hydroxyl groups excluding tert-OH is 2. The average molecular weight is 506 g/mol. The predicted octanol–water partition coefficient (Wildman–Crippen LogP) is 5.61. The van der Waals surface area contributed by atoms with E-state index < -0.39 is 6.29 Å². The Hall–Kier alpha value is -0.990. The standard InChI is InChI=1S/C22H32FIO4/c1-5-21(28-16(4)20-11-10-19(25)13-24-20)14(2)12-15(3)27-22(26)17-6-8-18(23)9-7-17/h6,8-10,13,15-17,20,22,25-26H,5,7,11-12H2,1-4H3/b21-14+/t15?,16-,17?,20-,22?/m1/s1. The van der Waals surface area contributed by atoms with E-state index in [0.717, 1.165) is 24.2 Å². The smallest absolute Gasteiger partial charge is 0.161 e. The van der Waals surface area contributed by atoms with Gasteiger partial charge in [0.15, 0.2) is 6.29 Å². The lowest BCUT2D eigenvalue weighted by Crippen LogP contribution is -2.27. The topological polar surface area (TPSA) is 58.9 Å². The summed E-state index contributed by atoms with van der Waals surface area (Å²) < 4.78 is 27.5. The van der Waals surface area contributed by atoms with Crippen molar-refractivity contribution in [3.05, 3.63) is 47.2 Å². The highest BCUT2D eigenvalue weighted by Crippen LogP contribution is 2.28. The zero-order valence-electron chi connectivity index (χ0n) is 17.1. The fraction of sp³-hybridized carbons (Fsp3) is 0.591. The van der Waals surface area contributed by atoms with Crippen LogP contribution in [0.5, 0.6) is 0 Å². The Kier molecular flexibility index (Phi) is 9.37. The quantitative estimate of drug-likeness (QED) is 0.185. The fourth-order valence-corrected chi connectivity index (χ4v) is 5.67. The molecular weight excluding hydrogens is 474 g/mol. The summed E-state index contributed by atoms with van der Waals surface area (Å²) in [5.41, 5.74) is 1.12. The normalized spacial score (nSPS) is 26.4. The average Bonchev–Trinajstić information content (AvgIpc) is 2.66. The predicted molar refractivity (Wildman–Crippen MR) is 120 cm³/mol. The highest BCUT2D eigenvalue weighted by Gasteiger charge is 2.23. The van der Waals surface area contributed by atoms with Gasteiger partial charge >= 0.3 is 0 Å². The number of ether oxygens (including phenoxy) is 2. The van der Waals surface area contributed by atoms with Gasteiger partial charge in [-0.15, -0.1) is 20.7 Å². The van der Waals surface area contributed by atoms with Gasteiger partial charge in [0.25, 0.3) is 0 Å². The van der Waals surface area contributed by atoms with Gasteiger partial charge < -0.3 is 19.7 Å². The van der Waals surface area contributed by atoms with Crippen molar-refractivity contribution in [1.29, 1.82) is 0 Å². The molecule has 0 saturated carbocycles. The molecule has 0 aromatic heterocycles. The molecule has 0 fully saturated rings. The molecule has 0 amide bonds. The molecule has 2 rings (SSSR count). The number of aliphatic hydroxyl groups is 2. The third-order valence-electron chi connectivity index (χ3n) is 4.94. The van der Waals surface area contributed by atoms with Crippen LogP contribution in [0.3, 0.4) is 0 Å². The van der Waals surface area contributed by atoms with Crippen LogP contribution < -0.4 is 0 Å². The van der Waals surface area contributed by atoms with E-state index in [1.165, 1.54) is 12.2 Å². The molecule has 2 N–H and O–H groups in total. The van der Waals surface area contributed by atoms with E-state index in [4.69, 9.17) is 9.47 Å². The summed E-state index contributed by atoms with van der Waals surface area (Å²) in [6.45, 7) is 8.16. The van der Waals surface area contributed by atoms with Gasteiger partial charge in [-0.3, -0.25) is 0 Å². The first-order valence-corrected chi connectivity index (χ1v) is 12.4. The van der Waals surface area contributed by atoms with Crippen LogP contribution in [0.1, 0.15) is 53.4 Å². The minimum atomic E-state index is -0.949. The molecule has 4 nitrogen and oxygen atoms in total. The number of hydrogen-bond acceptors (Lipinski definition) is 4. The SMILES string of the molecule is CC/C(O[C@H](C)[C@H]1CC=C(O)C=I1)=C(/C)CC(C)OC(O)C1C=CC(F)=CC1. The van der Waals surface area contributed by atoms with E-state index in [9.17, 15) is 14.6 Å². The summed E-state index contributed by atoms with van der Waals surface area (Å²) in [4.78, 5) is 0. The molecule has 28 heavy (non-hydrogen) atoms. The first-order chi connectivity index (χ1) is 13.3. The number of halogens is 2. The zero-order chi connectivity index (χ0) is 20.7. The second-order valence-corrected chi connectivity index (χ2v) is 10.3. The first kappa shape index (κ1) is 23.3. The molecule has 158 valence electrons. The van der Waals surface area contributed by atoms with Crippen LogP contribution >= 0.6 is 20.7 Å². The Bertz CT molecular complexity index is 680. The monoisotopic (exact) mass is 506 g/mol. The third kappa shape index (κ3) is 7.12. The maximum absolute atomic E-state index is 13.1. The molecule has 0 spiro atoms. The van der Waals surface area contributed by atoms with E-state index in [-0.39, 0.29) is 44.7 Å². The van der Waals surface area contributed by atoms with Crippen molar-refractivity contribution in [2.45, 2.75) is 75.8 Å². The Morgan fingerprint density at radius 1 is 1.32 bits per heavy atom. The molecule has 5 atom stereocenters. The number of allylic oxidation sites excluding steroid dienone is 6. The van der Waals surface area contributed by atoms with Gasteiger partial charge in [0, 0.05) is 20.3 Å².